The average Bonchev–Trinajstić information content (AvgIpc) is 3.56. The number of hydrogen-bond acceptors (Lipinski definition) is 7. The van der Waals surface area contributed by atoms with Gasteiger partial charge in [0.25, 0.3) is 0 Å². The normalized spacial score (nSPS) is 17.1. The van der Waals surface area contributed by atoms with Crippen LogP contribution in [-0.4, -0.2) is 94.3 Å². The van der Waals surface area contributed by atoms with Crippen LogP contribution in [0.1, 0.15) is 76.5 Å². The summed E-state index contributed by atoms with van der Waals surface area (Å²) in [6.45, 7) is 5.10. The lowest BCUT2D eigenvalue weighted by atomic mass is 9.82. The molecular formula is C35H56N6O5. The van der Waals surface area contributed by atoms with Crippen molar-refractivity contribution < 1.29 is 24.6 Å². The maximum absolute atomic E-state index is 14.0. The van der Waals surface area contributed by atoms with Gasteiger partial charge in [0.2, 0.25) is 17.7 Å². The van der Waals surface area contributed by atoms with Crippen LogP contribution in [0.4, 0.5) is 0 Å². The van der Waals surface area contributed by atoms with Crippen LogP contribution in [0, 0.1) is 17.8 Å². The van der Waals surface area contributed by atoms with E-state index < -0.39 is 42.0 Å². The van der Waals surface area contributed by atoms with E-state index >= 15 is 0 Å². The highest BCUT2D eigenvalue weighted by atomic mass is 16.3. The summed E-state index contributed by atoms with van der Waals surface area (Å²) in [5, 5.41) is 31.1. The van der Waals surface area contributed by atoms with Gasteiger partial charge in [-0.1, -0.05) is 76.3 Å². The van der Waals surface area contributed by atoms with Crippen LogP contribution in [0.15, 0.2) is 42.9 Å². The summed E-state index contributed by atoms with van der Waals surface area (Å²) in [4.78, 5) is 49.8. The van der Waals surface area contributed by atoms with E-state index in [2.05, 4.69) is 25.9 Å². The van der Waals surface area contributed by atoms with E-state index in [0.29, 0.717) is 44.0 Å². The lowest BCUT2D eigenvalue weighted by molar-refractivity contribution is -0.136. The first-order chi connectivity index (χ1) is 22.1. The van der Waals surface area contributed by atoms with E-state index in [1.165, 1.54) is 12.7 Å². The zero-order valence-electron chi connectivity index (χ0n) is 28.1. The highest BCUT2D eigenvalue weighted by Gasteiger charge is 2.34. The fourth-order valence-corrected chi connectivity index (χ4v) is 6.28. The highest BCUT2D eigenvalue weighted by Crippen LogP contribution is 2.29. The summed E-state index contributed by atoms with van der Waals surface area (Å²) in [5.74, 6) is -1.21. The second-order valence-corrected chi connectivity index (χ2v) is 13.4. The Bertz CT molecular complexity index is 1170. The van der Waals surface area contributed by atoms with Crippen LogP contribution < -0.4 is 16.0 Å². The van der Waals surface area contributed by atoms with Crippen LogP contribution in [0.25, 0.3) is 0 Å². The average molecular weight is 641 g/mol. The number of carbonyl (C=O) groups is 3. The third kappa shape index (κ3) is 12.5. The SMILES string of the molecule is CNCCN(C)C(=O)C[C@@H](Cc1ccccc1)C(=O)N[C@@H](Cc1cnc[nH]1)C(=O)N[C@@H](CC1CCCCC1)[C@@H](O)[C@@H](O)CC(C)C. The van der Waals surface area contributed by atoms with Crippen LogP contribution in [0.5, 0.6) is 0 Å². The molecule has 46 heavy (non-hydrogen) atoms. The Balaban J connectivity index is 1.83. The number of hydrogen-bond donors (Lipinski definition) is 6. The predicted octanol–water partition coefficient (Wildman–Crippen LogP) is 2.59. The van der Waals surface area contributed by atoms with Crippen molar-refractivity contribution in [3.05, 3.63) is 54.1 Å². The molecule has 3 amide bonds. The van der Waals surface area contributed by atoms with Gasteiger partial charge in [-0.2, -0.15) is 0 Å². The number of aliphatic hydroxyl groups excluding tert-OH is 2. The number of nitrogens with zero attached hydrogens (tertiary/aromatic N) is 2. The minimum absolute atomic E-state index is 0.0102. The van der Waals surface area contributed by atoms with Crippen molar-refractivity contribution in [2.24, 2.45) is 17.8 Å². The standard InChI is InChI=1S/C35H56N6O5/c1-24(2)17-31(42)33(44)29(19-26-13-9-6-10-14-26)39-35(46)30(21-28-22-37-23-38-28)40-34(45)27(18-25-11-7-5-8-12-25)20-32(43)41(4)16-15-36-3/h5,7-8,11-12,22-24,26-27,29-31,33,36,42,44H,6,9-10,13-21H2,1-4H3,(H,37,38)(H,39,46)(H,40,45)/t27-,29+,30+,31+,33-/m1/s1. The van der Waals surface area contributed by atoms with Crippen LogP contribution in [0.2, 0.25) is 0 Å². The smallest absolute Gasteiger partial charge is 0.243 e. The van der Waals surface area contributed by atoms with Gasteiger partial charge >= 0.3 is 0 Å². The minimum atomic E-state index is -1.15. The Labute approximate surface area is 274 Å². The topological polar surface area (TPSA) is 160 Å². The fraction of sp³-hybridized carbons (Fsp3) is 0.657. The Morgan fingerprint density at radius 2 is 1.74 bits per heavy atom. The minimum Gasteiger partial charge on any atom is -0.390 e. The van der Waals surface area contributed by atoms with Crippen LogP contribution in [-0.2, 0) is 27.2 Å². The number of aliphatic hydroxyl groups is 2. The van der Waals surface area contributed by atoms with Crippen molar-refractivity contribution >= 4 is 17.7 Å². The van der Waals surface area contributed by atoms with Crippen molar-refractivity contribution in [2.45, 2.75) is 102 Å². The Morgan fingerprint density at radius 3 is 2.37 bits per heavy atom. The summed E-state index contributed by atoms with van der Waals surface area (Å²) >= 11 is 0. The van der Waals surface area contributed by atoms with Gasteiger partial charge in [0.15, 0.2) is 0 Å². The quantitative estimate of drug-likeness (QED) is 0.138. The molecule has 1 aliphatic rings. The van der Waals surface area contributed by atoms with Crippen molar-refractivity contribution in [3.63, 3.8) is 0 Å². The molecule has 1 heterocycles. The molecule has 11 heteroatoms. The first kappa shape index (κ1) is 37.2. The Hall–Kier alpha value is -3.28. The van der Waals surface area contributed by atoms with E-state index in [0.717, 1.165) is 31.2 Å². The molecule has 0 aliphatic heterocycles. The number of amides is 3. The molecule has 6 N–H and O–H groups in total. The molecule has 256 valence electrons. The summed E-state index contributed by atoms with van der Waals surface area (Å²) in [6.07, 6.45) is 7.86. The van der Waals surface area contributed by atoms with Gasteiger partial charge in [-0.05, 0) is 43.7 Å². The number of aromatic nitrogens is 2. The molecule has 1 aromatic carbocycles. The van der Waals surface area contributed by atoms with Gasteiger partial charge in [0, 0.05) is 44.9 Å². The number of H-pyrrole nitrogens is 1. The second kappa shape index (κ2) is 19.4. The number of rotatable bonds is 19. The predicted molar refractivity (Wildman–Crippen MR) is 179 cm³/mol. The zero-order valence-corrected chi connectivity index (χ0v) is 28.1. The monoisotopic (exact) mass is 640 g/mol. The summed E-state index contributed by atoms with van der Waals surface area (Å²) in [5.41, 5.74) is 1.57. The molecule has 0 radical (unpaired) electrons. The first-order valence-electron chi connectivity index (χ1n) is 16.9. The van der Waals surface area contributed by atoms with Crippen molar-refractivity contribution in [1.82, 2.24) is 30.8 Å². The maximum Gasteiger partial charge on any atom is 0.243 e. The molecule has 1 aromatic heterocycles. The molecule has 1 fully saturated rings. The number of carbonyl (C=O) groups excluding carboxylic acids is 3. The summed E-state index contributed by atoms with van der Waals surface area (Å²) in [7, 11) is 3.54. The largest absolute Gasteiger partial charge is 0.390 e. The Morgan fingerprint density at radius 1 is 1.02 bits per heavy atom. The molecular weight excluding hydrogens is 584 g/mol. The van der Waals surface area contributed by atoms with E-state index in [1.807, 2.05) is 51.2 Å². The van der Waals surface area contributed by atoms with Crippen LogP contribution in [0.3, 0.4) is 0 Å². The van der Waals surface area contributed by atoms with Crippen molar-refractivity contribution in [2.75, 3.05) is 27.2 Å². The molecule has 2 aromatic rings. The van der Waals surface area contributed by atoms with Crippen LogP contribution >= 0.6 is 0 Å². The van der Waals surface area contributed by atoms with E-state index in [9.17, 15) is 24.6 Å². The maximum atomic E-state index is 14.0. The van der Waals surface area contributed by atoms with Gasteiger partial charge in [0.05, 0.1) is 24.4 Å². The van der Waals surface area contributed by atoms with Gasteiger partial charge in [-0.3, -0.25) is 14.4 Å². The molecule has 0 spiro atoms. The van der Waals surface area contributed by atoms with Crippen molar-refractivity contribution in [1.29, 1.82) is 0 Å². The third-order valence-electron chi connectivity index (χ3n) is 9.01. The number of imidazole rings is 1. The molecule has 1 saturated carbocycles. The highest BCUT2D eigenvalue weighted by molar-refractivity contribution is 5.91. The number of likely N-dealkylation sites (N-methyl/N-ethyl adjacent to an activating group) is 2. The van der Waals surface area contributed by atoms with E-state index in [-0.39, 0.29) is 24.7 Å². The van der Waals surface area contributed by atoms with Gasteiger partial charge in [-0.25, -0.2) is 4.98 Å². The van der Waals surface area contributed by atoms with Gasteiger partial charge in [-0.15, -0.1) is 0 Å². The van der Waals surface area contributed by atoms with Gasteiger partial charge < -0.3 is 36.0 Å². The summed E-state index contributed by atoms with van der Waals surface area (Å²) in [6, 6.07) is 7.86. The van der Waals surface area contributed by atoms with E-state index in [1.54, 1.807) is 18.1 Å². The fourth-order valence-electron chi connectivity index (χ4n) is 6.28. The second-order valence-electron chi connectivity index (χ2n) is 13.4. The lowest BCUT2D eigenvalue weighted by Gasteiger charge is -2.34. The third-order valence-corrected chi connectivity index (χ3v) is 9.01. The molecule has 5 atom stereocenters. The number of aromatic amines is 1. The van der Waals surface area contributed by atoms with Gasteiger partial charge in [0.1, 0.15) is 12.1 Å². The number of benzene rings is 1. The molecule has 0 saturated heterocycles. The molecule has 0 bridgehead atoms. The first-order valence-corrected chi connectivity index (χ1v) is 16.9. The molecule has 1 aliphatic carbocycles. The van der Waals surface area contributed by atoms with Crippen molar-refractivity contribution in [3.8, 4) is 0 Å². The summed E-state index contributed by atoms with van der Waals surface area (Å²) < 4.78 is 0. The van der Waals surface area contributed by atoms with E-state index in [4.69, 9.17) is 0 Å². The lowest BCUT2D eigenvalue weighted by Crippen LogP contribution is -2.56. The molecule has 0 unspecified atom stereocenters. The Kier molecular flexibility index (Phi) is 15.7. The number of nitrogens with one attached hydrogen (secondary N) is 4. The molecule has 3 rings (SSSR count). The zero-order chi connectivity index (χ0) is 33.5. The molecule has 11 nitrogen and oxygen atoms in total.